The summed E-state index contributed by atoms with van der Waals surface area (Å²) in [5.41, 5.74) is 1.10. The number of carbonyl (C=O) groups excluding carboxylic acids is 1. The van der Waals surface area contributed by atoms with Crippen LogP contribution >= 0.6 is 11.6 Å². The predicted molar refractivity (Wildman–Crippen MR) is 99.5 cm³/mol. The highest BCUT2D eigenvalue weighted by Crippen LogP contribution is 2.30. The lowest BCUT2D eigenvalue weighted by molar-refractivity contribution is -0.126. The maximum Gasteiger partial charge on any atom is 0.243 e. The second-order valence-electron chi connectivity index (χ2n) is 5.93. The molecule has 2 aromatic carbocycles. The van der Waals surface area contributed by atoms with Crippen LogP contribution in [0.3, 0.4) is 0 Å². The molecule has 1 fully saturated rings. The van der Waals surface area contributed by atoms with E-state index in [4.69, 9.17) is 16.3 Å². The fourth-order valence-corrected chi connectivity index (χ4v) is 4.94. The van der Waals surface area contributed by atoms with Gasteiger partial charge in [0.25, 0.3) is 0 Å². The van der Waals surface area contributed by atoms with E-state index in [1.807, 2.05) is 0 Å². The average Bonchev–Trinajstić information content (AvgIpc) is 2.63. The van der Waals surface area contributed by atoms with E-state index < -0.39 is 16.1 Å². The van der Waals surface area contributed by atoms with E-state index >= 15 is 0 Å². The van der Waals surface area contributed by atoms with Crippen LogP contribution in [0.5, 0.6) is 5.75 Å². The minimum Gasteiger partial charge on any atom is -0.497 e. The Morgan fingerprint density at radius 3 is 2.54 bits per heavy atom. The number of sulfonamides is 1. The molecule has 0 aromatic heterocycles. The fourth-order valence-electron chi connectivity index (χ4n) is 2.94. The third-order valence-electron chi connectivity index (χ3n) is 4.25. The van der Waals surface area contributed by atoms with Gasteiger partial charge < -0.3 is 10.1 Å². The summed E-state index contributed by atoms with van der Waals surface area (Å²) in [7, 11) is -2.20. The Labute approximate surface area is 157 Å². The van der Waals surface area contributed by atoms with Crippen molar-refractivity contribution in [3.05, 3.63) is 64.7 Å². The molecular formula is C18H19ClN2O4S. The van der Waals surface area contributed by atoms with Gasteiger partial charge in [0.1, 0.15) is 11.8 Å². The van der Waals surface area contributed by atoms with Crippen molar-refractivity contribution in [1.29, 1.82) is 0 Å². The standard InChI is InChI=1S/C18H19ClN2O4S/c1-25-15-8-6-13(7-9-15)17-18(22)20-10-11-21(17)26(23,24)12-14-4-2-3-5-16(14)19/h2-9,17H,10-12H2,1H3,(H,20,22). The third kappa shape index (κ3) is 3.85. The highest BCUT2D eigenvalue weighted by Gasteiger charge is 2.38. The van der Waals surface area contributed by atoms with Crippen molar-refractivity contribution in [2.24, 2.45) is 0 Å². The van der Waals surface area contributed by atoms with Crippen molar-refractivity contribution in [2.75, 3.05) is 20.2 Å². The lowest BCUT2D eigenvalue weighted by Gasteiger charge is -2.34. The van der Waals surface area contributed by atoms with Gasteiger partial charge in [-0.1, -0.05) is 41.9 Å². The monoisotopic (exact) mass is 394 g/mol. The van der Waals surface area contributed by atoms with Crippen molar-refractivity contribution in [1.82, 2.24) is 9.62 Å². The molecule has 1 aliphatic heterocycles. The Bertz CT molecular complexity index is 900. The lowest BCUT2D eigenvalue weighted by Crippen LogP contribution is -2.52. The van der Waals surface area contributed by atoms with Gasteiger partial charge >= 0.3 is 0 Å². The molecule has 6 nitrogen and oxygen atoms in total. The number of ether oxygens (including phenoxy) is 1. The maximum atomic E-state index is 13.0. The summed E-state index contributed by atoms with van der Waals surface area (Å²) in [5, 5.41) is 3.12. The minimum atomic E-state index is -3.75. The van der Waals surface area contributed by atoms with E-state index in [9.17, 15) is 13.2 Å². The maximum absolute atomic E-state index is 13.0. The number of piperazine rings is 1. The SMILES string of the molecule is COc1ccc(C2C(=O)NCCN2S(=O)(=O)Cc2ccccc2Cl)cc1. The van der Waals surface area contributed by atoms with Gasteiger partial charge in [0.05, 0.1) is 12.9 Å². The molecule has 1 heterocycles. The quantitative estimate of drug-likeness (QED) is 0.844. The number of methoxy groups -OCH3 is 1. The number of nitrogens with one attached hydrogen (secondary N) is 1. The molecule has 138 valence electrons. The first kappa shape index (κ1) is 18.7. The fraction of sp³-hybridized carbons (Fsp3) is 0.278. The molecule has 1 N–H and O–H groups in total. The van der Waals surface area contributed by atoms with E-state index in [1.165, 1.54) is 4.31 Å². The largest absolute Gasteiger partial charge is 0.497 e. The number of carbonyl (C=O) groups is 1. The van der Waals surface area contributed by atoms with E-state index in [0.717, 1.165) is 0 Å². The van der Waals surface area contributed by atoms with Gasteiger partial charge in [-0.2, -0.15) is 4.31 Å². The molecule has 0 aliphatic carbocycles. The molecule has 2 aromatic rings. The minimum absolute atomic E-state index is 0.204. The van der Waals surface area contributed by atoms with Crippen LogP contribution in [-0.2, 0) is 20.6 Å². The van der Waals surface area contributed by atoms with E-state index in [0.29, 0.717) is 21.9 Å². The van der Waals surface area contributed by atoms with Crippen molar-refractivity contribution >= 4 is 27.5 Å². The van der Waals surface area contributed by atoms with E-state index in [1.54, 1.807) is 55.6 Å². The summed E-state index contributed by atoms with van der Waals surface area (Å²) in [4.78, 5) is 12.5. The molecule has 1 atom stereocenters. The average molecular weight is 395 g/mol. The van der Waals surface area contributed by atoms with Crippen molar-refractivity contribution < 1.29 is 17.9 Å². The molecule has 1 aliphatic rings. The Kier molecular flexibility index (Phi) is 5.50. The van der Waals surface area contributed by atoms with Crippen LogP contribution in [-0.4, -0.2) is 38.8 Å². The number of nitrogens with zero attached hydrogens (tertiary/aromatic N) is 1. The summed E-state index contributed by atoms with van der Waals surface area (Å²) < 4.78 is 32.4. The Balaban J connectivity index is 1.94. The number of hydrogen-bond acceptors (Lipinski definition) is 4. The third-order valence-corrected chi connectivity index (χ3v) is 6.40. The van der Waals surface area contributed by atoms with Crippen LogP contribution in [0.1, 0.15) is 17.2 Å². The molecule has 3 rings (SSSR count). The number of halogens is 1. The van der Waals surface area contributed by atoms with Crippen molar-refractivity contribution in [3.63, 3.8) is 0 Å². The highest BCUT2D eigenvalue weighted by atomic mass is 35.5. The highest BCUT2D eigenvalue weighted by molar-refractivity contribution is 7.88. The molecule has 0 radical (unpaired) electrons. The first-order valence-electron chi connectivity index (χ1n) is 8.07. The Morgan fingerprint density at radius 2 is 1.88 bits per heavy atom. The van der Waals surface area contributed by atoms with Crippen LogP contribution in [0.2, 0.25) is 5.02 Å². The number of hydrogen-bond donors (Lipinski definition) is 1. The zero-order chi connectivity index (χ0) is 18.7. The topological polar surface area (TPSA) is 75.7 Å². The zero-order valence-corrected chi connectivity index (χ0v) is 15.8. The number of benzene rings is 2. The molecule has 0 saturated carbocycles. The van der Waals surface area contributed by atoms with Gasteiger partial charge in [0.15, 0.2) is 0 Å². The predicted octanol–water partition coefficient (Wildman–Crippen LogP) is 2.35. The molecule has 26 heavy (non-hydrogen) atoms. The van der Waals surface area contributed by atoms with Crippen LogP contribution < -0.4 is 10.1 Å². The summed E-state index contributed by atoms with van der Waals surface area (Å²) in [6.07, 6.45) is 0. The Hall–Kier alpha value is -2.09. The van der Waals surface area contributed by atoms with Gasteiger partial charge in [-0.15, -0.1) is 0 Å². The second-order valence-corrected chi connectivity index (χ2v) is 8.25. The van der Waals surface area contributed by atoms with Crippen molar-refractivity contribution in [2.45, 2.75) is 11.8 Å². The molecular weight excluding hydrogens is 376 g/mol. The van der Waals surface area contributed by atoms with Gasteiger partial charge in [-0.3, -0.25) is 4.79 Å². The summed E-state index contributed by atoms with van der Waals surface area (Å²) in [6.45, 7) is 0.475. The first-order chi connectivity index (χ1) is 12.4. The van der Waals surface area contributed by atoms with Gasteiger partial charge in [0.2, 0.25) is 15.9 Å². The van der Waals surface area contributed by atoms with E-state index in [-0.39, 0.29) is 24.7 Å². The number of amides is 1. The van der Waals surface area contributed by atoms with Crippen molar-refractivity contribution in [3.8, 4) is 5.75 Å². The second kappa shape index (κ2) is 7.65. The van der Waals surface area contributed by atoms with Crippen LogP contribution in [0.4, 0.5) is 0 Å². The smallest absolute Gasteiger partial charge is 0.243 e. The summed E-state index contributed by atoms with van der Waals surface area (Å²) >= 11 is 6.11. The van der Waals surface area contributed by atoms with Crippen LogP contribution in [0.25, 0.3) is 0 Å². The summed E-state index contributed by atoms with van der Waals surface area (Å²) in [6, 6.07) is 12.7. The van der Waals surface area contributed by atoms with E-state index in [2.05, 4.69) is 5.32 Å². The van der Waals surface area contributed by atoms with Gasteiger partial charge in [-0.05, 0) is 29.3 Å². The molecule has 0 spiro atoms. The molecule has 1 amide bonds. The molecule has 0 bridgehead atoms. The lowest BCUT2D eigenvalue weighted by atomic mass is 10.0. The molecule has 1 saturated heterocycles. The van der Waals surface area contributed by atoms with Gasteiger partial charge in [-0.25, -0.2) is 8.42 Å². The van der Waals surface area contributed by atoms with Crippen LogP contribution in [0.15, 0.2) is 48.5 Å². The zero-order valence-electron chi connectivity index (χ0n) is 14.2. The number of rotatable bonds is 5. The summed E-state index contributed by atoms with van der Waals surface area (Å²) in [5.74, 6) is 0.0340. The molecule has 8 heteroatoms. The van der Waals surface area contributed by atoms with Gasteiger partial charge in [0, 0.05) is 18.1 Å². The normalized spacial score (nSPS) is 18.4. The Morgan fingerprint density at radius 1 is 1.19 bits per heavy atom. The first-order valence-corrected chi connectivity index (χ1v) is 10.1. The molecule has 1 unspecified atom stereocenters. The van der Waals surface area contributed by atoms with Crippen LogP contribution in [0, 0.1) is 0 Å².